The van der Waals surface area contributed by atoms with E-state index < -0.39 is 5.82 Å². The number of hydrogen-bond donors (Lipinski definition) is 0. The molecule has 2 unspecified atom stereocenters. The summed E-state index contributed by atoms with van der Waals surface area (Å²) < 4.78 is 20.6. The van der Waals surface area contributed by atoms with Crippen LogP contribution < -0.4 is 9.64 Å². The lowest BCUT2D eigenvalue weighted by Crippen LogP contribution is -2.37. The molecule has 0 aromatic carbocycles. The summed E-state index contributed by atoms with van der Waals surface area (Å²) >= 11 is 7.41. The molecule has 2 aromatic rings. The fourth-order valence-electron chi connectivity index (χ4n) is 4.09. The van der Waals surface area contributed by atoms with E-state index in [0.717, 1.165) is 18.9 Å². The van der Waals surface area contributed by atoms with Crippen molar-refractivity contribution in [2.24, 2.45) is 11.8 Å². The lowest BCUT2D eigenvalue weighted by molar-refractivity contribution is 0.235. The topological polar surface area (TPSA) is 51.1 Å². The van der Waals surface area contributed by atoms with Crippen molar-refractivity contribution >= 4 is 40.1 Å². The smallest absolute Gasteiger partial charge is 0.228 e. The van der Waals surface area contributed by atoms with Gasteiger partial charge in [0.1, 0.15) is 16.7 Å². The Morgan fingerprint density at radius 3 is 2.50 bits per heavy atom. The van der Waals surface area contributed by atoms with Crippen LogP contribution >= 0.6 is 23.4 Å². The Bertz CT molecular complexity index is 838. The number of aromatic nitrogens is 3. The van der Waals surface area contributed by atoms with Crippen LogP contribution in [0.4, 0.5) is 10.2 Å². The number of anilines is 1. The van der Waals surface area contributed by atoms with Gasteiger partial charge in [-0.2, -0.15) is 4.98 Å². The van der Waals surface area contributed by atoms with Crippen LogP contribution in [-0.4, -0.2) is 40.4 Å². The molecule has 140 valence electrons. The van der Waals surface area contributed by atoms with E-state index in [2.05, 4.69) is 14.9 Å². The van der Waals surface area contributed by atoms with E-state index in [1.54, 1.807) is 0 Å². The number of piperidine rings is 1. The summed E-state index contributed by atoms with van der Waals surface area (Å²) in [4.78, 5) is 15.5. The zero-order valence-corrected chi connectivity index (χ0v) is 16.7. The number of nitrogens with zero attached hydrogens (tertiary/aromatic N) is 4. The van der Waals surface area contributed by atoms with E-state index >= 15 is 0 Å². The summed E-state index contributed by atoms with van der Waals surface area (Å²) in [5, 5.41) is 0.838. The molecule has 2 fully saturated rings. The molecule has 26 heavy (non-hydrogen) atoms. The minimum Gasteiger partial charge on any atom is -0.474 e. The number of thioether (sulfide) groups is 1. The number of pyridine rings is 1. The van der Waals surface area contributed by atoms with E-state index in [0.29, 0.717) is 28.3 Å². The van der Waals surface area contributed by atoms with Crippen LogP contribution in [0.3, 0.4) is 0 Å². The van der Waals surface area contributed by atoms with Crippen molar-refractivity contribution in [2.45, 2.75) is 44.4 Å². The number of rotatable bonds is 4. The first-order chi connectivity index (χ1) is 12.5. The molecule has 1 saturated carbocycles. The van der Waals surface area contributed by atoms with Crippen molar-refractivity contribution in [2.75, 3.05) is 24.2 Å². The molecule has 0 radical (unpaired) electrons. The van der Waals surface area contributed by atoms with Gasteiger partial charge in [-0.1, -0.05) is 23.4 Å². The van der Waals surface area contributed by atoms with Crippen LogP contribution in [0.5, 0.6) is 5.88 Å². The van der Waals surface area contributed by atoms with Crippen molar-refractivity contribution in [3.8, 4) is 5.88 Å². The number of ether oxygens (including phenoxy) is 1. The average molecular weight is 397 g/mol. The second-order valence-electron chi connectivity index (χ2n) is 7.40. The molecule has 2 bridgehead atoms. The first-order valence-corrected chi connectivity index (χ1v) is 10.6. The van der Waals surface area contributed by atoms with Crippen LogP contribution in [0.15, 0.2) is 5.16 Å². The van der Waals surface area contributed by atoms with Gasteiger partial charge in [0.05, 0.1) is 6.10 Å². The van der Waals surface area contributed by atoms with Gasteiger partial charge in [-0.15, -0.1) is 0 Å². The van der Waals surface area contributed by atoms with E-state index in [1.807, 2.05) is 20.1 Å². The monoisotopic (exact) mass is 396 g/mol. The maximum atomic E-state index is 14.8. The third-order valence-electron chi connectivity index (χ3n) is 5.11. The lowest BCUT2D eigenvalue weighted by Gasteiger charge is -2.33. The molecule has 2 aromatic heterocycles. The standard InChI is InChI=1S/C18H22ClFN4OS/c1-9(2)25-17-12-14(13(20)15(19)22-17)21-18(26-3)23-16(12)24-7-10-4-5-11(6-10)8-24/h9-11H,4-8H2,1-3H3. The van der Waals surface area contributed by atoms with Crippen LogP contribution in [0.1, 0.15) is 33.1 Å². The first kappa shape index (κ1) is 18.0. The Kier molecular flexibility index (Phi) is 4.86. The summed E-state index contributed by atoms with van der Waals surface area (Å²) in [7, 11) is 0. The van der Waals surface area contributed by atoms with E-state index in [1.165, 1.54) is 31.0 Å². The molecule has 4 rings (SSSR count). The molecule has 5 nitrogen and oxygen atoms in total. The maximum absolute atomic E-state index is 14.8. The van der Waals surface area contributed by atoms with Crippen molar-refractivity contribution < 1.29 is 9.13 Å². The summed E-state index contributed by atoms with van der Waals surface area (Å²) in [6.07, 6.45) is 5.57. The molecule has 8 heteroatoms. The SMILES string of the molecule is CSc1nc(N2CC3CCC(C3)C2)c2c(OC(C)C)nc(Cl)c(F)c2n1. The molecule has 1 saturated heterocycles. The third kappa shape index (κ3) is 3.20. The Morgan fingerprint density at radius 2 is 1.88 bits per heavy atom. The molecule has 1 aliphatic heterocycles. The van der Waals surface area contributed by atoms with E-state index in [9.17, 15) is 4.39 Å². The molecule has 1 aliphatic carbocycles. The highest BCUT2D eigenvalue weighted by atomic mass is 35.5. The minimum atomic E-state index is -0.614. The normalized spacial score (nSPS) is 22.5. The Hall–Kier alpha value is -1.34. The highest BCUT2D eigenvalue weighted by Crippen LogP contribution is 2.42. The molecular weight excluding hydrogens is 375 g/mol. The van der Waals surface area contributed by atoms with Gasteiger partial charge in [0.15, 0.2) is 16.1 Å². The molecule has 2 aliphatic rings. The van der Waals surface area contributed by atoms with Gasteiger partial charge in [-0.25, -0.2) is 14.4 Å². The molecule has 0 spiro atoms. The zero-order valence-electron chi connectivity index (χ0n) is 15.1. The van der Waals surface area contributed by atoms with Gasteiger partial charge in [0, 0.05) is 13.1 Å². The van der Waals surface area contributed by atoms with Crippen LogP contribution in [0.25, 0.3) is 10.9 Å². The first-order valence-electron chi connectivity index (χ1n) is 8.98. The maximum Gasteiger partial charge on any atom is 0.228 e. The highest BCUT2D eigenvalue weighted by molar-refractivity contribution is 7.98. The second kappa shape index (κ2) is 7.00. The zero-order chi connectivity index (χ0) is 18.4. The molecular formula is C18H22ClFN4OS. The van der Waals surface area contributed by atoms with Gasteiger partial charge in [-0.05, 0) is 51.2 Å². The predicted octanol–water partition coefficient (Wildman–Crippen LogP) is 4.56. The second-order valence-corrected chi connectivity index (χ2v) is 8.53. The van der Waals surface area contributed by atoms with E-state index in [-0.39, 0.29) is 16.8 Å². The van der Waals surface area contributed by atoms with Crippen molar-refractivity contribution in [3.63, 3.8) is 0 Å². The fraction of sp³-hybridized carbons (Fsp3) is 0.611. The summed E-state index contributed by atoms with van der Waals surface area (Å²) in [6.45, 7) is 5.68. The van der Waals surface area contributed by atoms with Crippen molar-refractivity contribution in [3.05, 3.63) is 11.0 Å². The van der Waals surface area contributed by atoms with Gasteiger partial charge in [0.2, 0.25) is 5.88 Å². The largest absolute Gasteiger partial charge is 0.474 e. The van der Waals surface area contributed by atoms with Crippen LogP contribution in [0.2, 0.25) is 5.15 Å². The molecule has 2 atom stereocenters. The van der Waals surface area contributed by atoms with Gasteiger partial charge in [0.25, 0.3) is 0 Å². The van der Waals surface area contributed by atoms with Crippen LogP contribution in [-0.2, 0) is 0 Å². The number of halogens is 2. The Morgan fingerprint density at radius 1 is 1.19 bits per heavy atom. The lowest BCUT2D eigenvalue weighted by atomic mass is 9.98. The molecule has 0 amide bonds. The van der Waals surface area contributed by atoms with Crippen molar-refractivity contribution in [1.29, 1.82) is 0 Å². The van der Waals surface area contributed by atoms with E-state index in [4.69, 9.17) is 21.3 Å². The third-order valence-corrected chi connectivity index (χ3v) is 5.91. The Balaban J connectivity index is 1.93. The van der Waals surface area contributed by atoms with Crippen LogP contribution in [0, 0.1) is 17.7 Å². The van der Waals surface area contributed by atoms with Gasteiger partial charge >= 0.3 is 0 Å². The fourth-order valence-corrected chi connectivity index (χ4v) is 4.61. The number of hydrogen-bond acceptors (Lipinski definition) is 6. The summed E-state index contributed by atoms with van der Waals surface area (Å²) in [6, 6.07) is 0. The summed E-state index contributed by atoms with van der Waals surface area (Å²) in [5.41, 5.74) is 0.188. The average Bonchev–Trinajstić information content (AvgIpc) is 2.95. The van der Waals surface area contributed by atoms with Gasteiger partial charge in [-0.3, -0.25) is 0 Å². The highest BCUT2D eigenvalue weighted by Gasteiger charge is 2.35. The predicted molar refractivity (Wildman–Crippen MR) is 103 cm³/mol. The Labute approximate surface area is 161 Å². The van der Waals surface area contributed by atoms with Crippen molar-refractivity contribution in [1.82, 2.24) is 15.0 Å². The minimum absolute atomic E-state index is 0.113. The quantitative estimate of drug-likeness (QED) is 0.429. The summed E-state index contributed by atoms with van der Waals surface area (Å²) in [5.74, 6) is 1.76. The van der Waals surface area contributed by atoms with Gasteiger partial charge < -0.3 is 9.64 Å². The number of fused-ring (bicyclic) bond motifs is 3. The molecule has 0 N–H and O–H groups in total. The molecule has 3 heterocycles.